The van der Waals surface area contributed by atoms with Crippen molar-refractivity contribution in [2.75, 3.05) is 14.2 Å². The lowest BCUT2D eigenvalue weighted by Gasteiger charge is -2.08. The second kappa shape index (κ2) is 8.83. The number of Topliss-reactive ketones (excluding diaryl/α,β-unsaturated/α-hetero) is 1. The van der Waals surface area contributed by atoms with Crippen LogP contribution < -0.4 is 18.9 Å². The number of nitro groups is 1. The van der Waals surface area contributed by atoms with Gasteiger partial charge in [0.1, 0.15) is 11.5 Å². The fourth-order valence-electron chi connectivity index (χ4n) is 3.21. The molecule has 0 atom stereocenters. The van der Waals surface area contributed by atoms with Crippen LogP contribution in [0.4, 0.5) is 5.69 Å². The molecule has 0 radical (unpaired) electrons. The van der Waals surface area contributed by atoms with E-state index in [-0.39, 0.29) is 34.3 Å². The van der Waals surface area contributed by atoms with Crippen LogP contribution in [0.1, 0.15) is 26.3 Å². The molecule has 0 N–H and O–H groups in total. The third kappa shape index (κ3) is 4.38. The first kappa shape index (κ1) is 21.6. The number of ether oxygens (including phenoxy) is 4. The average molecular weight is 447 g/mol. The first-order chi connectivity index (χ1) is 15.9. The van der Waals surface area contributed by atoms with Crippen LogP contribution in [0.5, 0.6) is 23.0 Å². The highest BCUT2D eigenvalue weighted by Crippen LogP contribution is 2.36. The molecule has 33 heavy (non-hydrogen) atoms. The predicted octanol–water partition coefficient (Wildman–Crippen LogP) is 4.45. The summed E-state index contributed by atoms with van der Waals surface area (Å²) in [5.74, 6) is 0.577. The Morgan fingerprint density at radius 2 is 1.70 bits per heavy atom. The highest BCUT2D eigenvalue weighted by Gasteiger charge is 2.28. The number of hydrogen-bond acceptors (Lipinski definition) is 8. The minimum Gasteiger partial charge on any atom is -0.493 e. The number of ketones is 1. The smallest absolute Gasteiger partial charge is 0.343 e. The zero-order chi connectivity index (χ0) is 23.5. The first-order valence-corrected chi connectivity index (χ1v) is 9.66. The minimum absolute atomic E-state index is 0.107. The summed E-state index contributed by atoms with van der Waals surface area (Å²) < 4.78 is 21.5. The van der Waals surface area contributed by atoms with Crippen LogP contribution in [0.2, 0.25) is 0 Å². The maximum absolute atomic E-state index is 12.7. The molecule has 1 heterocycles. The number of nitro benzene ring substituents is 1. The van der Waals surface area contributed by atoms with Gasteiger partial charge in [-0.2, -0.15) is 0 Å². The average Bonchev–Trinajstić information content (AvgIpc) is 3.13. The Balaban J connectivity index is 1.52. The van der Waals surface area contributed by atoms with Crippen LogP contribution in [-0.2, 0) is 0 Å². The second-order valence-corrected chi connectivity index (χ2v) is 6.91. The van der Waals surface area contributed by atoms with Crippen molar-refractivity contribution in [3.05, 3.63) is 93.2 Å². The zero-order valence-corrected chi connectivity index (χ0v) is 17.6. The van der Waals surface area contributed by atoms with Gasteiger partial charge in [0.25, 0.3) is 5.69 Å². The fourth-order valence-corrected chi connectivity index (χ4v) is 3.21. The molecule has 0 spiro atoms. The third-order valence-corrected chi connectivity index (χ3v) is 4.87. The number of hydrogen-bond donors (Lipinski definition) is 0. The molecule has 0 amide bonds. The highest BCUT2D eigenvalue weighted by molar-refractivity contribution is 6.14. The van der Waals surface area contributed by atoms with Gasteiger partial charge in [-0.3, -0.25) is 14.9 Å². The van der Waals surface area contributed by atoms with Crippen molar-refractivity contribution in [3.8, 4) is 23.0 Å². The van der Waals surface area contributed by atoms with E-state index in [1.54, 1.807) is 24.3 Å². The molecule has 0 saturated heterocycles. The van der Waals surface area contributed by atoms with Crippen LogP contribution in [-0.4, -0.2) is 30.9 Å². The minimum atomic E-state index is -0.699. The van der Waals surface area contributed by atoms with Gasteiger partial charge in [-0.1, -0.05) is 6.07 Å². The second-order valence-electron chi connectivity index (χ2n) is 6.91. The summed E-state index contributed by atoms with van der Waals surface area (Å²) in [6.45, 7) is 0. The molecule has 3 aromatic carbocycles. The van der Waals surface area contributed by atoms with Crippen molar-refractivity contribution in [2.24, 2.45) is 0 Å². The maximum Gasteiger partial charge on any atom is 0.343 e. The Bertz CT molecular complexity index is 1290. The molecule has 1 aliphatic heterocycles. The first-order valence-electron chi connectivity index (χ1n) is 9.66. The van der Waals surface area contributed by atoms with Crippen LogP contribution >= 0.6 is 0 Å². The Morgan fingerprint density at radius 3 is 2.36 bits per heavy atom. The molecule has 4 rings (SSSR count). The Morgan fingerprint density at radius 1 is 0.970 bits per heavy atom. The van der Waals surface area contributed by atoms with Crippen LogP contribution in [0, 0.1) is 10.1 Å². The molecule has 0 aromatic heterocycles. The largest absolute Gasteiger partial charge is 0.493 e. The number of benzene rings is 3. The topological polar surface area (TPSA) is 114 Å². The molecule has 0 aliphatic carbocycles. The summed E-state index contributed by atoms with van der Waals surface area (Å²) in [4.78, 5) is 35.2. The number of esters is 1. The molecule has 9 nitrogen and oxygen atoms in total. The summed E-state index contributed by atoms with van der Waals surface area (Å²) in [6.07, 6.45) is 1.58. The van der Waals surface area contributed by atoms with Gasteiger partial charge in [0.15, 0.2) is 17.3 Å². The van der Waals surface area contributed by atoms with Crippen molar-refractivity contribution < 1.29 is 33.5 Å². The molecule has 0 bridgehead atoms. The number of non-ortho nitro benzene ring substituents is 1. The lowest BCUT2D eigenvalue weighted by Crippen LogP contribution is -2.08. The molecule has 9 heteroatoms. The van der Waals surface area contributed by atoms with E-state index in [1.165, 1.54) is 56.7 Å². The van der Waals surface area contributed by atoms with Gasteiger partial charge in [-0.15, -0.1) is 0 Å². The number of rotatable bonds is 6. The summed E-state index contributed by atoms with van der Waals surface area (Å²) in [6, 6.07) is 14.6. The monoisotopic (exact) mass is 447 g/mol. The number of nitrogens with zero attached hydrogens (tertiary/aromatic N) is 1. The summed E-state index contributed by atoms with van der Waals surface area (Å²) in [5, 5.41) is 10.7. The van der Waals surface area contributed by atoms with E-state index in [1.807, 2.05) is 0 Å². The number of carbonyl (C=O) groups excluding carboxylic acids is 2. The van der Waals surface area contributed by atoms with Gasteiger partial charge in [-0.25, -0.2) is 4.79 Å². The summed E-state index contributed by atoms with van der Waals surface area (Å²) in [7, 11) is 3.05. The highest BCUT2D eigenvalue weighted by atomic mass is 16.6. The van der Waals surface area contributed by atoms with Crippen molar-refractivity contribution in [1.82, 2.24) is 0 Å². The summed E-state index contributed by atoms with van der Waals surface area (Å²) in [5.41, 5.74) is 1.02. The van der Waals surface area contributed by atoms with Gasteiger partial charge in [0, 0.05) is 18.2 Å². The van der Waals surface area contributed by atoms with Crippen LogP contribution in [0.15, 0.2) is 66.4 Å². The Hall–Kier alpha value is -4.66. The van der Waals surface area contributed by atoms with Crippen molar-refractivity contribution in [3.63, 3.8) is 0 Å². The van der Waals surface area contributed by atoms with Gasteiger partial charge >= 0.3 is 5.97 Å². The van der Waals surface area contributed by atoms with Gasteiger partial charge in [0.05, 0.1) is 30.3 Å². The van der Waals surface area contributed by atoms with Crippen molar-refractivity contribution >= 4 is 23.5 Å². The fraction of sp³-hybridized carbons (Fsp3) is 0.0833. The molecule has 0 unspecified atom stereocenters. The normalized spacial score (nSPS) is 13.3. The molecule has 1 aliphatic rings. The van der Waals surface area contributed by atoms with E-state index in [9.17, 15) is 19.7 Å². The number of fused-ring (bicyclic) bond motifs is 1. The number of allylic oxidation sites excluding steroid dienone is 1. The quantitative estimate of drug-likeness (QED) is 0.179. The van der Waals surface area contributed by atoms with E-state index in [2.05, 4.69) is 0 Å². The van der Waals surface area contributed by atoms with Crippen molar-refractivity contribution in [2.45, 2.75) is 0 Å². The van der Waals surface area contributed by atoms with E-state index < -0.39 is 10.9 Å². The zero-order valence-electron chi connectivity index (χ0n) is 17.6. The summed E-state index contributed by atoms with van der Waals surface area (Å²) >= 11 is 0. The van der Waals surface area contributed by atoms with E-state index >= 15 is 0 Å². The number of carbonyl (C=O) groups is 2. The van der Waals surface area contributed by atoms with E-state index in [4.69, 9.17) is 18.9 Å². The predicted molar refractivity (Wildman–Crippen MR) is 117 cm³/mol. The van der Waals surface area contributed by atoms with Gasteiger partial charge in [0.2, 0.25) is 5.78 Å². The maximum atomic E-state index is 12.7. The van der Waals surface area contributed by atoms with Gasteiger partial charge < -0.3 is 18.9 Å². The molecule has 166 valence electrons. The lowest BCUT2D eigenvalue weighted by molar-refractivity contribution is -0.384. The Labute approximate surface area is 187 Å². The third-order valence-electron chi connectivity index (χ3n) is 4.87. The van der Waals surface area contributed by atoms with Crippen LogP contribution in [0.3, 0.4) is 0 Å². The molecule has 0 fully saturated rings. The standard InChI is InChI=1S/C24H17NO8/c1-30-19-10-3-14(11-21(19)31-2)12-22-23(26)18-9-8-17(13-20(18)33-22)32-24(27)15-4-6-16(7-5-15)25(28)29/h3-13H,1-2H3. The SMILES string of the molecule is COc1ccc(C=C2Oc3cc(OC(=O)c4ccc([N+](=O)[O-])cc4)ccc3C2=O)cc1OC. The molecule has 3 aromatic rings. The van der Waals surface area contributed by atoms with Crippen molar-refractivity contribution in [1.29, 1.82) is 0 Å². The number of methoxy groups -OCH3 is 2. The molecular weight excluding hydrogens is 430 g/mol. The molecule has 0 saturated carbocycles. The molecular formula is C24H17NO8. The van der Waals surface area contributed by atoms with E-state index in [0.29, 0.717) is 22.6 Å². The van der Waals surface area contributed by atoms with E-state index in [0.717, 1.165) is 0 Å². The van der Waals surface area contributed by atoms with Gasteiger partial charge in [-0.05, 0) is 48.0 Å². The Kier molecular flexibility index (Phi) is 5.77. The lowest BCUT2D eigenvalue weighted by atomic mass is 10.1. The van der Waals surface area contributed by atoms with Crippen LogP contribution in [0.25, 0.3) is 6.08 Å².